The Morgan fingerprint density at radius 3 is 2.25 bits per heavy atom. The van der Waals surface area contributed by atoms with Crippen molar-refractivity contribution in [2.75, 3.05) is 0 Å². The van der Waals surface area contributed by atoms with Crippen LogP contribution in [0.25, 0.3) is 0 Å². The van der Waals surface area contributed by atoms with E-state index in [9.17, 15) is 0 Å². The first-order chi connectivity index (χ1) is 3.72. The molecule has 2 aliphatic carbocycles. The third-order valence-corrected chi connectivity index (χ3v) is 2.66. The van der Waals surface area contributed by atoms with E-state index in [-0.39, 0.29) is 11.0 Å². The summed E-state index contributed by atoms with van der Waals surface area (Å²) in [5, 5.41) is 8.52. The standard InChI is InChI=1S/C6H8N2/c7-4-5-1-2-6(5,8)3-5/h1-3,8H2/t5-,6?/m1/s1. The van der Waals surface area contributed by atoms with Crippen LogP contribution in [-0.4, -0.2) is 5.54 Å². The smallest absolute Gasteiger partial charge is 0.0772 e. The molecule has 0 saturated heterocycles. The van der Waals surface area contributed by atoms with Gasteiger partial charge in [-0.2, -0.15) is 5.26 Å². The molecule has 2 atom stereocenters. The van der Waals surface area contributed by atoms with Gasteiger partial charge in [0, 0.05) is 5.54 Å². The lowest BCUT2D eigenvalue weighted by molar-refractivity contribution is 0.326. The monoisotopic (exact) mass is 108 g/mol. The molecule has 0 aromatic rings. The van der Waals surface area contributed by atoms with Gasteiger partial charge in [0.05, 0.1) is 11.5 Å². The second kappa shape index (κ2) is 0.803. The number of nitriles is 1. The Morgan fingerprint density at radius 1 is 1.50 bits per heavy atom. The van der Waals surface area contributed by atoms with Crippen LogP contribution >= 0.6 is 0 Å². The van der Waals surface area contributed by atoms with Crippen LogP contribution in [0.3, 0.4) is 0 Å². The van der Waals surface area contributed by atoms with E-state index >= 15 is 0 Å². The predicted molar refractivity (Wildman–Crippen MR) is 28.8 cm³/mol. The van der Waals surface area contributed by atoms with Crippen molar-refractivity contribution in [1.82, 2.24) is 0 Å². The van der Waals surface area contributed by atoms with Gasteiger partial charge in [-0.3, -0.25) is 0 Å². The normalized spacial score (nSPS) is 58.0. The maximum atomic E-state index is 8.52. The Kier molecular flexibility index (Phi) is 0.435. The maximum Gasteiger partial charge on any atom is 0.0772 e. The van der Waals surface area contributed by atoms with Gasteiger partial charge in [0.1, 0.15) is 0 Å². The Morgan fingerprint density at radius 2 is 2.25 bits per heavy atom. The highest BCUT2D eigenvalue weighted by Crippen LogP contribution is 2.68. The van der Waals surface area contributed by atoms with Crippen LogP contribution in [0.4, 0.5) is 0 Å². The van der Waals surface area contributed by atoms with Crippen LogP contribution in [0.5, 0.6) is 0 Å². The Labute approximate surface area is 48.3 Å². The van der Waals surface area contributed by atoms with Crippen molar-refractivity contribution in [1.29, 1.82) is 5.26 Å². The van der Waals surface area contributed by atoms with Crippen LogP contribution in [0, 0.1) is 16.7 Å². The Bertz CT molecular complexity index is 181. The van der Waals surface area contributed by atoms with Gasteiger partial charge in [-0.05, 0) is 19.3 Å². The average Bonchev–Trinajstić information content (AvgIpc) is 2.15. The number of nitrogens with two attached hydrogens (primary N) is 1. The van der Waals surface area contributed by atoms with Crippen molar-refractivity contribution in [3.8, 4) is 6.07 Å². The molecule has 2 N–H and O–H groups in total. The topological polar surface area (TPSA) is 49.8 Å². The van der Waals surface area contributed by atoms with Crippen molar-refractivity contribution in [2.45, 2.75) is 24.8 Å². The second-order valence-electron chi connectivity index (χ2n) is 3.03. The summed E-state index contributed by atoms with van der Waals surface area (Å²) in [6, 6.07) is 2.27. The lowest BCUT2D eigenvalue weighted by atomic mass is 9.81. The highest BCUT2D eigenvalue weighted by Gasteiger charge is 2.72. The number of hydrogen-bond acceptors (Lipinski definition) is 2. The average molecular weight is 108 g/mol. The van der Waals surface area contributed by atoms with Crippen LogP contribution in [0.1, 0.15) is 19.3 Å². The molecule has 0 radical (unpaired) electrons. The summed E-state index contributed by atoms with van der Waals surface area (Å²) in [5.41, 5.74) is 5.64. The second-order valence-corrected chi connectivity index (χ2v) is 3.03. The highest BCUT2D eigenvalue weighted by molar-refractivity contribution is 5.35. The van der Waals surface area contributed by atoms with Crippen LogP contribution in [0.15, 0.2) is 0 Å². The lowest BCUT2D eigenvalue weighted by Crippen LogP contribution is -2.38. The summed E-state index contributed by atoms with van der Waals surface area (Å²) in [4.78, 5) is 0. The number of nitrogens with zero attached hydrogens (tertiary/aromatic N) is 1. The van der Waals surface area contributed by atoms with Gasteiger partial charge in [-0.1, -0.05) is 0 Å². The number of fused-ring (bicyclic) bond motifs is 1. The first kappa shape index (κ1) is 4.34. The molecule has 0 aromatic heterocycles. The van der Waals surface area contributed by atoms with E-state index < -0.39 is 0 Å². The zero-order valence-electron chi connectivity index (χ0n) is 4.65. The molecule has 2 fully saturated rings. The minimum atomic E-state index is -0.0486. The molecule has 0 bridgehead atoms. The van der Waals surface area contributed by atoms with Crippen LogP contribution in [-0.2, 0) is 0 Å². The van der Waals surface area contributed by atoms with Gasteiger partial charge in [0.15, 0.2) is 0 Å². The molecule has 2 saturated carbocycles. The molecule has 0 aliphatic heterocycles. The number of hydrogen-bond donors (Lipinski definition) is 1. The molecule has 1 unspecified atom stereocenters. The van der Waals surface area contributed by atoms with Gasteiger partial charge in [-0.15, -0.1) is 0 Å². The van der Waals surface area contributed by atoms with E-state index in [1.165, 1.54) is 0 Å². The first-order valence-corrected chi connectivity index (χ1v) is 2.93. The fraction of sp³-hybridized carbons (Fsp3) is 0.833. The highest BCUT2D eigenvalue weighted by atomic mass is 15.0. The van der Waals surface area contributed by atoms with E-state index in [1.807, 2.05) is 0 Å². The van der Waals surface area contributed by atoms with Crippen molar-refractivity contribution in [3.05, 3.63) is 0 Å². The SMILES string of the molecule is N#C[C@]12CCC1(N)C2. The molecule has 2 aliphatic rings. The van der Waals surface area contributed by atoms with Crippen LogP contribution < -0.4 is 5.73 Å². The van der Waals surface area contributed by atoms with Crippen molar-refractivity contribution < 1.29 is 0 Å². The lowest BCUT2D eigenvalue weighted by Gasteiger charge is -2.25. The minimum absolute atomic E-state index is 0.0260. The molecule has 2 rings (SSSR count). The summed E-state index contributed by atoms with van der Waals surface area (Å²) in [6.45, 7) is 0. The van der Waals surface area contributed by atoms with E-state index in [4.69, 9.17) is 11.0 Å². The van der Waals surface area contributed by atoms with E-state index in [1.54, 1.807) is 0 Å². The van der Waals surface area contributed by atoms with Gasteiger partial charge < -0.3 is 5.73 Å². The molecule has 0 spiro atoms. The van der Waals surface area contributed by atoms with E-state index in [0.29, 0.717) is 0 Å². The summed E-state index contributed by atoms with van der Waals surface area (Å²) in [6.07, 6.45) is 3.07. The summed E-state index contributed by atoms with van der Waals surface area (Å²) < 4.78 is 0. The third kappa shape index (κ3) is 0.214. The minimum Gasteiger partial charge on any atom is -0.324 e. The van der Waals surface area contributed by atoms with Gasteiger partial charge in [0.25, 0.3) is 0 Å². The van der Waals surface area contributed by atoms with Crippen molar-refractivity contribution in [2.24, 2.45) is 11.1 Å². The molecule has 2 nitrogen and oxygen atoms in total. The predicted octanol–water partition coefficient (Wildman–Crippen LogP) is 0.391. The molecular formula is C6H8N2. The third-order valence-electron chi connectivity index (χ3n) is 2.66. The Balaban J connectivity index is 2.29. The van der Waals surface area contributed by atoms with Crippen molar-refractivity contribution >= 4 is 0 Å². The van der Waals surface area contributed by atoms with Gasteiger partial charge in [0.2, 0.25) is 0 Å². The van der Waals surface area contributed by atoms with Gasteiger partial charge in [-0.25, -0.2) is 0 Å². The first-order valence-electron chi connectivity index (χ1n) is 2.93. The molecule has 0 aromatic carbocycles. The number of rotatable bonds is 0. The molecule has 42 valence electrons. The summed E-state index contributed by atoms with van der Waals surface area (Å²) >= 11 is 0. The fourth-order valence-electron chi connectivity index (χ4n) is 1.63. The molecule has 2 heteroatoms. The zero-order valence-corrected chi connectivity index (χ0v) is 4.65. The largest absolute Gasteiger partial charge is 0.324 e. The van der Waals surface area contributed by atoms with Gasteiger partial charge >= 0.3 is 0 Å². The van der Waals surface area contributed by atoms with Crippen molar-refractivity contribution in [3.63, 3.8) is 0 Å². The van der Waals surface area contributed by atoms with Crippen LogP contribution in [0.2, 0.25) is 0 Å². The van der Waals surface area contributed by atoms with E-state index in [2.05, 4.69) is 6.07 Å². The maximum absolute atomic E-state index is 8.52. The quantitative estimate of drug-likeness (QED) is 0.488. The zero-order chi connectivity index (χ0) is 5.83. The molecule has 0 heterocycles. The molecular weight excluding hydrogens is 100 g/mol. The Hall–Kier alpha value is -0.550. The fourth-order valence-corrected chi connectivity index (χ4v) is 1.63. The molecule has 8 heavy (non-hydrogen) atoms. The summed E-state index contributed by atoms with van der Waals surface area (Å²) in [7, 11) is 0. The summed E-state index contributed by atoms with van der Waals surface area (Å²) in [5.74, 6) is 0. The molecule has 0 amide bonds. The van der Waals surface area contributed by atoms with E-state index in [0.717, 1.165) is 19.3 Å².